The highest BCUT2D eigenvalue weighted by Crippen LogP contribution is 2.52. The number of allylic oxidation sites excluding steroid dienone is 1. The van der Waals surface area contributed by atoms with Crippen LogP contribution in [0.5, 0.6) is 11.5 Å². The second-order valence-electron chi connectivity index (χ2n) is 6.86. The molecular weight excluding hydrogens is 412 g/mol. The number of methoxy groups -OCH3 is 1. The minimum atomic E-state index is -1.54. The molecule has 2 aromatic rings. The molecule has 8 heteroatoms. The number of benzene rings is 2. The van der Waals surface area contributed by atoms with Crippen LogP contribution in [0, 0.1) is 11.3 Å². The van der Waals surface area contributed by atoms with Gasteiger partial charge in [-0.1, -0.05) is 29.8 Å². The van der Waals surface area contributed by atoms with E-state index in [1.165, 1.54) is 29.8 Å². The van der Waals surface area contributed by atoms with Crippen molar-refractivity contribution in [2.45, 2.75) is 18.1 Å². The minimum Gasteiger partial charge on any atom is -0.504 e. The van der Waals surface area contributed by atoms with E-state index in [0.717, 1.165) is 0 Å². The summed E-state index contributed by atoms with van der Waals surface area (Å²) in [6, 6.07) is 13.7. The van der Waals surface area contributed by atoms with Crippen LogP contribution in [-0.2, 0) is 10.5 Å². The van der Waals surface area contributed by atoms with Gasteiger partial charge in [-0.25, -0.2) is 0 Å². The fraction of sp³-hybridized carbons (Fsp3) is 0.238. The molecule has 148 valence electrons. The summed E-state index contributed by atoms with van der Waals surface area (Å²) < 4.78 is 5.16. The van der Waals surface area contributed by atoms with Gasteiger partial charge in [0.25, 0.3) is 0 Å². The molecule has 4 rings (SSSR count). The Bertz CT molecular complexity index is 1060. The molecule has 1 amide bonds. The largest absolute Gasteiger partial charge is 0.504 e. The summed E-state index contributed by atoms with van der Waals surface area (Å²) >= 11 is 7.23. The molecule has 0 unspecified atom stereocenters. The molecule has 2 aliphatic heterocycles. The number of carbonyl (C=O) groups is 1. The Balaban J connectivity index is 1.80. The molecule has 6 nitrogen and oxygen atoms in total. The lowest BCUT2D eigenvalue weighted by atomic mass is 9.85. The summed E-state index contributed by atoms with van der Waals surface area (Å²) in [4.78, 5) is 14.4. The van der Waals surface area contributed by atoms with Crippen molar-refractivity contribution >= 4 is 29.3 Å². The second-order valence-corrected chi connectivity index (χ2v) is 8.26. The summed E-state index contributed by atoms with van der Waals surface area (Å²) in [5, 5.41) is 32.1. The average molecular weight is 429 g/mol. The van der Waals surface area contributed by atoms with E-state index < -0.39 is 11.6 Å². The third kappa shape index (κ3) is 3.14. The van der Waals surface area contributed by atoms with Crippen molar-refractivity contribution in [2.75, 3.05) is 12.9 Å². The highest BCUT2D eigenvalue weighted by molar-refractivity contribution is 8.03. The lowest BCUT2D eigenvalue weighted by Crippen LogP contribution is -2.48. The van der Waals surface area contributed by atoms with Crippen molar-refractivity contribution in [3.8, 4) is 17.6 Å². The van der Waals surface area contributed by atoms with E-state index >= 15 is 0 Å². The molecule has 2 aromatic carbocycles. The van der Waals surface area contributed by atoms with Crippen LogP contribution in [0.4, 0.5) is 0 Å². The highest BCUT2D eigenvalue weighted by Gasteiger charge is 2.51. The third-order valence-electron chi connectivity index (χ3n) is 5.22. The van der Waals surface area contributed by atoms with E-state index in [1.807, 2.05) is 0 Å². The maximum atomic E-state index is 13.1. The van der Waals surface area contributed by atoms with Crippen molar-refractivity contribution in [2.24, 2.45) is 0 Å². The predicted molar refractivity (Wildman–Crippen MR) is 109 cm³/mol. The van der Waals surface area contributed by atoms with Gasteiger partial charge in [0.05, 0.1) is 29.5 Å². The lowest BCUT2D eigenvalue weighted by Gasteiger charge is -2.38. The Kier molecular flexibility index (Phi) is 4.95. The Morgan fingerprint density at radius 1 is 1.31 bits per heavy atom. The van der Waals surface area contributed by atoms with Crippen molar-refractivity contribution in [1.29, 1.82) is 5.26 Å². The topological polar surface area (TPSA) is 93.8 Å². The van der Waals surface area contributed by atoms with Gasteiger partial charge in [-0.3, -0.25) is 9.69 Å². The van der Waals surface area contributed by atoms with Gasteiger partial charge < -0.3 is 14.9 Å². The van der Waals surface area contributed by atoms with Gasteiger partial charge in [0.1, 0.15) is 0 Å². The first-order valence-corrected chi connectivity index (χ1v) is 10.2. The summed E-state index contributed by atoms with van der Waals surface area (Å²) in [5.74, 6) is -0.284. The number of thioether (sulfide) groups is 1. The molecule has 0 aliphatic carbocycles. The van der Waals surface area contributed by atoms with Crippen molar-refractivity contribution in [1.82, 2.24) is 4.90 Å². The Hall–Kier alpha value is -2.66. The number of phenolic OH excluding ortho intramolecular Hbond substituents is 1. The first-order valence-electron chi connectivity index (χ1n) is 8.84. The number of aromatic hydroxyl groups is 1. The van der Waals surface area contributed by atoms with E-state index in [0.29, 0.717) is 26.8 Å². The van der Waals surface area contributed by atoms with E-state index in [4.69, 9.17) is 16.3 Å². The zero-order valence-electron chi connectivity index (χ0n) is 15.4. The lowest BCUT2D eigenvalue weighted by molar-refractivity contribution is -0.149. The fourth-order valence-corrected chi connectivity index (χ4v) is 5.24. The molecule has 29 heavy (non-hydrogen) atoms. The molecule has 0 saturated carbocycles. The van der Waals surface area contributed by atoms with Gasteiger partial charge in [-0.05, 0) is 29.8 Å². The van der Waals surface area contributed by atoms with Crippen LogP contribution in [0.2, 0.25) is 5.02 Å². The van der Waals surface area contributed by atoms with Gasteiger partial charge in [0, 0.05) is 22.9 Å². The van der Waals surface area contributed by atoms with Crippen LogP contribution >= 0.6 is 23.4 Å². The highest BCUT2D eigenvalue weighted by atomic mass is 35.5. The van der Waals surface area contributed by atoms with E-state index in [2.05, 4.69) is 6.07 Å². The predicted octanol–water partition coefficient (Wildman–Crippen LogP) is 3.70. The van der Waals surface area contributed by atoms with Gasteiger partial charge >= 0.3 is 0 Å². The van der Waals surface area contributed by atoms with Crippen molar-refractivity contribution < 1.29 is 19.7 Å². The number of hydrogen-bond acceptors (Lipinski definition) is 6. The number of rotatable bonds is 3. The zero-order chi connectivity index (χ0) is 20.8. The number of aliphatic hydroxyl groups is 1. The molecule has 2 aliphatic rings. The standard InChI is InChI=1S/C21H17ClN2O4S/c1-28-18-8-12(2-7-17(18)25)15-9-19(26)24-20(16(15)10-23)29-11-21(24,27)13-3-5-14(22)6-4-13/h2-8,15,25,27H,9,11H2,1H3/t15-,21+/m0/s1. The summed E-state index contributed by atoms with van der Waals surface area (Å²) in [6.45, 7) is 0. The number of amides is 1. The molecule has 0 radical (unpaired) electrons. The Labute approximate surface area is 177 Å². The number of fused-ring (bicyclic) bond motifs is 1. The SMILES string of the molecule is COc1cc([C@@H]2CC(=O)N3C(=C2C#N)SC[C@@]3(O)c2ccc(Cl)cc2)ccc1O. The number of ether oxygens (including phenoxy) is 1. The zero-order valence-corrected chi connectivity index (χ0v) is 17.0. The number of halogens is 1. The molecule has 0 spiro atoms. The number of phenols is 1. The number of nitrogens with zero attached hydrogens (tertiary/aromatic N) is 2. The van der Waals surface area contributed by atoms with Crippen molar-refractivity contribution in [3.63, 3.8) is 0 Å². The number of carbonyl (C=O) groups excluding carboxylic acids is 1. The molecule has 2 N–H and O–H groups in total. The Morgan fingerprint density at radius 2 is 2.03 bits per heavy atom. The summed E-state index contributed by atoms with van der Waals surface area (Å²) in [6.07, 6.45) is 0.0246. The number of nitriles is 1. The minimum absolute atomic E-state index is 0.0153. The molecular formula is C21H17ClN2O4S. The summed E-state index contributed by atoms with van der Waals surface area (Å²) in [5.41, 5.74) is 0.104. The van der Waals surface area contributed by atoms with Gasteiger partial charge in [0.15, 0.2) is 17.2 Å². The van der Waals surface area contributed by atoms with Crippen LogP contribution in [0.1, 0.15) is 23.5 Å². The molecule has 0 aromatic heterocycles. The molecule has 2 atom stereocenters. The van der Waals surface area contributed by atoms with E-state index in [-0.39, 0.29) is 29.6 Å². The van der Waals surface area contributed by atoms with Crippen molar-refractivity contribution in [3.05, 3.63) is 69.2 Å². The first kappa shape index (κ1) is 19.6. The quantitative estimate of drug-likeness (QED) is 0.774. The van der Waals surface area contributed by atoms with Gasteiger partial charge in [0.2, 0.25) is 5.91 Å². The van der Waals surface area contributed by atoms with Gasteiger partial charge in [-0.2, -0.15) is 5.26 Å². The smallest absolute Gasteiger partial charge is 0.231 e. The van der Waals surface area contributed by atoms with E-state index in [9.17, 15) is 20.3 Å². The molecule has 1 fully saturated rings. The average Bonchev–Trinajstić information content (AvgIpc) is 3.08. The maximum absolute atomic E-state index is 13.1. The molecule has 1 saturated heterocycles. The maximum Gasteiger partial charge on any atom is 0.231 e. The normalized spacial score (nSPS) is 23.7. The second kappa shape index (κ2) is 7.30. The van der Waals surface area contributed by atoms with Gasteiger partial charge in [-0.15, -0.1) is 11.8 Å². The van der Waals surface area contributed by atoms with Crippen LogP contribution < -0.4 is 4.74 Å². The molecule has 2 heterocycles. The monoisotopic (exact) mass is 428 g/mol. The number of hydrogen-bond donors (Lipinski definition) is 2. The first-order chi connectivity index (χ1) is 13.9. The third-order valence-corrected chi connectivity index (χ3v) is 6.70. The fourth-order valence-electron chi connectivity index (χ4n) is 3.75. The summed E-state index contributed by atoms with van der Waals surface area (Å²) in [7, 11) is 1.44. The van der Waals surface area contributed by atoms with E-state index in [1.54, 1.807) is 36.4 Å². The Morgan fingerprint density at radius 3 is 2.69 bits per heavy atom. The van der Waals surface area contributed by atoms with Crippen LogP contribution in [0.15, 0.2) is 53.1 Å². The molecule has 0 bridgehead atoms. The van der Waals surface area contributed by atoms with Crippen LogP contribution in [0.3, 0.4) is 0 Å². The van der Waals surface area contributed by atoms with Crippen LogP contribution in [0.25, 0.3) is 0 Å². The van der Waals surface area contributed by atoms with Crippen LogP contribution in [-0.4, -0.2) is 33.9 Å².